The summed E-state index contributed by atoms with van der Waals surface area (Å²) < 4.78 is 67.5. The fourth-order valence-corrected chi connectivity index (χ4v) is 9.69. The number of phosphoric acid groups is 2. The molecule has 17 nitrogen and oxygen atoms in total. The molecule has 0 aromatic heterocycles. The Kier molecular flexibility index (Phi) is 49.8. The monoisotopic (exact) mass is 1150 g/mol. The van der Waals surface area contributed by atoms with Gasteiger partial charge in [0.05, 0.1) is 26.4 Å². The topological polar surface area (TPSA) is 237 Å². The van der Waals surface area contributed by atoms with Crippen molar-refractivity contribution in [2.24, 2.45) is 11.8 Å². The lowest BCUT2D eigenvalue weighted by Crippen LogP contribution is -2.30. The summed E-state index contributed by atoms with van der Waals surface area (Å²) >= 11 is 0. The van der Waals surface area contributed by atoms with Crippen LogP contribution >= 0.6 is 15.6 Å². The van der Waals surface area contributed by atoms with Gasteiger partial charge in [0.25, 0.3) is 0 Å². The van der Waals surface area contributed by atoms with Crippen molar-refractivity contribution >= 4 is 39.5 Å². The van der Waals surface area contributed by atoms with Crippen LogP contribution < -0.4 is 0 Å². The standard InChI is InChI=1S/C59H110O17P2/c1-7-9-11-13-14-15-16-17-18-19-20-21-22-31-37-43-58(63)75-55(48-70-57(62)42-36-30-25-23-28-33-39-51(3)4)50-74-78(67,68)72-46-53(60)45-71-77(65,66)73-49-54(47-69-56(61)41-35-27-12-10-8-2)76-59(64)44-38-32-26-24-29-34-40-52(5)6/h15-18,51-55,60H,7-14,19-50H2,1-6H3,(H,65,66)(H,67,68)/b16-15-,18-17-/t53-,54+,55+/m0/s1. The number of unbranched alkanes of at least 4 members (excludes halogenated alkanes) is 23. The number of hydrogen-bond acceptors (Lipinski definition) is 15. The predicted octanol–water partition coefficient (Wildman–Crippen LogP) is 15.3. The van der Waals surface area contributed by atoms with Crippen LogP contribution in [0.25, 0.3) is 0 Å². The van der Waals surface area contributed by atoms with Crippen LogP contribution in [0.1, 0.15) is 260 Å². The molecule has 458 valence electrons. The van der Waals surface area contributed by atoms with E-state index in [0.29, 0.717) is 37.5 Å². The molecule has 3 N–H and O–H groups in total. The first-order valence-electron chi connectivity index (χ1n) is 30.3. The van der Waals surface area contributed by atoms with E-state index in [4.69, 9.17) is 37.0 Å². The Hall–Kier alpha value is -2.46. The highest BCUT2D eigenvalue weighted by molar-refractivity contribution is 7.47. The quantitative estimate of drug-likeness (QED) is 0.0169. The van der Waals surface area contributed by atoms with Gasteiger partial charge < -0.3 is 33.8 Å². The summed E-state index contributed by atoms with van der Waals surface area (Å²) in [5, 5.41) is 10.5. The van der Waals surface area contributed by atoms with E-state index in [0.717, 1.165) is 116 Å². The van der Waals surface area contributed by atoms with E-state index < -0.39 is 97.5 Å². The van der Waals surface area contributed by atoms with Crippen molar-refractivity contribution < 1.29 is 80.2 Å². The average molecular weight is 1150 g/mol. The molecule has 0 saturated heterocycles. The molecule has 2 unspecified atom stereocenters. The number of hydrogen-bond donors (Lipinski definition) is 3. The average Bonchev–Trinajstić information content (AvgIpc) is 3.39. The number of phosphoric ester groups is 2. The van der Waals surface area contributed by atoms with Crippen molar-refractivity contribution in [1.29, 1.82) is 0 Å². The van der Waals surface area contributed by atoms with Gasteiger partial charge in [0.2, 0.25) is 0 Å². The molecule has 0 bridgehead atoms. The van der Waals surface area contributed by atoms with Crippen molar-refractivity contribution in [3.05, 3.63) is 24.3 Å². The van der Waals surface area contributed by atoms with E-state index >= 15 is 0 Å². The van der Waals surface area contributed by atoms with Crippen LogP contribution in [0.3, 0.4) is 0 Å². The van der Waals surface area contributed by atoms with Crippen LogP contribution in [0, 0.1) is 11.8 Å². The minimum absolute atomic E-state index is 0.0833. The summed E-state index contributed by atoms with van der Waals surface area (Å²) in [7, 11) is -9.88. The molecule has 0 spiro atoms. The minimum Gasteiger partial charge on any atom is -0.462 e. The van der Waals surface area contributed by atoms with E-state index in [-0.39, 0.29) is 25.7 Å². The van der Waals surface area contributed by atoms with E-state index in [9.17, 15) is 43.2 Å². The maximum Gasteiger partial charge on any atom is 0.472 e. The van der Waals surface area contributed by atoms with Crippen LogP contribution in [0.2, 0.25) is 0 Å². The van der Waals surface area contributed by atoms with Gasteiger partial charge >= 0.3 is 39.5 Å². The van der Waals surface area contributed by atoms with Crippen molar-refractivity contribution in [1.82, 2.24) is 0 Å². The number of aliphatic hydroxyl groups excluding tert-OH is 1. The number of allylic oxidation sites excluding steroid dienone is 4. The van der Waals surface area contributed by atoms with Gasteiger partial charge in [-0.25, -0.2) is 9.13 Å². The fourth-order valence-electron chi connectivity index (χ4n) is 8.11. The van der Waals surface area contributed by atoms with Gasteiger partial charge in [-0.1, -0.05) is 207 Å². The Balaban J connectivity index is 5.21. The van der Waals surface area contributed by atoms with Gasteiger partial charge in [0.15, 0.2) is 12.2 Å². The Morgan fingerprint density at radius 2 is 0.692 bits per heavy atom. The van der Waals surface area contributed by atoms with Crippen molar-refractivity contribution in [3.8, 4) is 0 Å². The Labute approximate surface area is 472 Å². The molecule has 0 amide bonds. The second-order valence-corrected chi connectivity index (χ2v) is 24.6. The number of carbonyl (C=O) groups is 4. The van der Waals surface area contributed by atoms with Crippen LogP contribution in [0.4, 0.5) is 0 Å². The van der Waals surface area contributed by atoms with Gasteiger partial charge in [-0.2, -0.15) is 0 Å². The molecular weight excluding hydrogens is 1040 g/mol. The predicted molar refractivity (Wildman–Crippen MR) is 307 cm³/mol. The smallest absolute Gasteiger partial charge is 0.462 e. The zero-order valence-electron chi connectivity index (χ0n) is 49.4. The Morgan fingerprint density at radius 1 is 0.397 bits per heavy atom. The highest BCUT2D eigenvalue weighted by Crippen LogP contribution is 2.45. The van der Waals surface area contributed by atoms with Crippen molar-refractivity contribution in [2.75, 3.05) is 39.6 Å². The van der Waals surface area contributed by atoms with Gasteiger partial charge in [-0.3, -0.25) is 37.3 Å². The normalized spacial score (nSPS) is 14.7. The van der Waals surface area contributed by atoms with E-state index in [1.165, 1.54) is 51.4 Å². The summed E-state index contributed by atoms with van der Waals surface area (Å²) in [5.41, 5.74) is 0. The molecule has 0 aliphatic carbocycles. The molecular formula is C59H110O17P2. The first kappa shape index (κ1) is 75.5. The van der Waals surface area contributed by atoms with Gasteiger partial charge in [-0.05, 0) is 63.2 Å². The van der Waals surface area contributed by atoms with E-state index in [1.807, 2.05) is 0 Å². The largest absolute Gasteiger partial charge is 0.472 e. The molecule has 0 aromatic rings. The highest BCUT2D eigenvalue weighted by atomic mass is 31.2. The van der Waals surface area contributed by atoms with Crippen molar-refractivity contribution in [2.45, 2.75) is 278 Å². The van der Waals surface area contributed by atoms with Crippen LogP contribution in [0.5, 0.6) is 0 Å². The lowest BCUT2D eigenvalue weighted by molar-refractivity contribution is -0.161. The van der Waals surface area contributed by atoms with Gasteiger partial charge in [0.1, 0.15) is 19.3 Å². The van der Waals surface area contributed by atoms with E-state index in [2.05, 4.69) is 65.8 Å². The summed E-state index contributed by atoms with van der Waals surface area (Å²) in [5.74, 6) is -0.845. The molecule has 0 heterocycles. The fraction of sp³-hybridized carbons (Fsp3) is 0.864. The molecule has 0 saturated carbocycles. The minimum atomic E-state index is -4.95. The molecule has 0 fully saturated rings. The number of rotatable bonds is 56. The summed E-state index contributed by atoms with van der Waals surface area (Å²) in [6.07, 6.45) is 35.0. The third-order valence-corrected chi connectivity index (χ3v) is 14.7. The number of esters is 4. The van der Waals surface area contributed by atoms with E-state index in [1.54, 1.807) is 0 Å². The molecule has 0 aromatic carbocycles. The third kappa shape index (κ3) is 52.9. The number of carbonyl (C=O) groups excluding carboxylic acids is 4. The summed E-state index contributed by atoms with van der Waals surface area (Å²) in [4.78, 5) is 71.6. The lowest BCUT2D eigenvalue weighted by atomic mass is 10.0. The third-order valence-electron chi connectivity index (χ3n) is 12.8. The van der Waals surface area contributed by atoms with Crippen molar-refractivity contribution in [3.63, 3.8) is 0 Å². The molecule has 78 heavy (non-hydrogen) atoms. The molecule has 0 aliphatic rings. The molecule has 0 aliphatic heterocycles. The molecule has 0 rings (SSSR count). The molecule has 19 heteroatoms. The Morgan fingerprint density at radius 3 is 1.05 bits per heavy atom. The number of aliphatic hydroxyl groups is 1. The SMILES string of the molecule is CCCCCC/C=C\C=C/CCCCCCCC(=O)O[C@H](COC(=O)CCCCCCCCC(C)C)COP(=O)(O)OC[C@@H](O)COP(=O)(O)OC[C@@H](COC(=O)CCCCCCC)OC(=O)CCCCCCCCC(C)C. The second-order valence-electron chi connectivity index (χ2n) is 21.6. The zero-order valence-corrected chi connectivity index (χ0v) is 51.2. The maximum absolute atomic E-state index is 12.9. The van der Waals surface area contributed by atoms with Crippen LogP contribution in [0.15, 0.2) is 24.3 Å². The molecule has 0 radical (unpaired) electrons. The first-order chi connectivity index (χ1) is 37.4. The number of ether oxygens (including phenoxy) is 4. The highest BCUT2D eigenvalue weighted by Gasteiger charge is 2.30. The summed E-state index contributed by atoms with van der Waals surface area (Å²) in [6, 6.07) is 0. The Bertz CT molecular complexity index is 1640. The lowest BCUT2D eigenvalue weighted by Gasteiger charge is -2.21. The van der Waals surface area contributed by atoms with Gasteiger partial charge in [-0.15, -0.1) is 0 Å². The van der Waals surface area contributed by atoms with Crippen LogP contribution in [-0.2, 0) is 65.4 Å². The second kappa shape index (κ2) is 51.4. The maximum atomic E-state index is 12.9. The molecule has 5 atom stereocenters. The van der Waals surface area contributed by atoms with Crippen LogP contribution in [-0.4, -0.2) is 96.7 Å². The summed E-state index contributed by atoms with van der Waals surface area (Å²) in [6.45, 7) is 9.11. The van der Waals surface area contributed by atoms with Gasteiger partial charge in [0, 0.05) is 25.7 Å². The first-order valence-corrected chi connectivity index (χ1v) is 33.3. The zero-order chi connectivity index (χ0) is 58.0.